The lowest BCUT2D eigenvalue weighted by atomic mass is 9.95. The number of piperidine rings is 1. The molecule has 1 aromatic heterocycles. The summed E-state index contributed by atoms with van der Waals surface area (Å²) in [7, 11) is 1.64. The molecule has 2 heterocycles. The molecular formula is C20H21F3N2O3. The van der Waals surface area contributed by atoms with Crippen LogP contribution in [0.2, 0.25) is 0 Å². The zero-order chi connectivity index (χ0) is 20.3. The molecule has 0 saturated carbocycles. The van der Waals surface area contributed by atoms with Crippen LogP contribution in [0, 0.1) is 5.92 Å². The second-order valence-electron chi connectivity index (χ2n) is 6.97. The van der Waals surface area contributed by atoms with Gasteiger partial charge in [-0.1, -0.05) is 12.1 Å². The van der Waals surface area contributed by atoms with Crippen molar-refractivity contribution in [2.75, 3.05) is 20.1 Å². The van der Waals surface area contributed by atoms with E-state index in [-0.39, 0.29) is 24.3 Å². The Labute approximate surface area is 160 Å². The monoisotopic (exact) mass is 394 g/mol. The van der Waals surface area contributed by atoms with E-state index in [0.29, 0.717) is 37.1 Å². The molecule has 28 heavy (non-hydrogen) atoms. The molecule has 3 rings (SSSR count). The SMILES string of the molecule is CN(Cc1ccc(C(F)(F)F)cc1)C(=O)C1CCN(C(=O)c2ccoc2)CC1. The van der Waals surface area contributed by atoms with Gasteiger partial charge in [0.1, 0.15) is 6.26 Å². The Kier molecular flexibility index (Phi) is 5.76. The molecule has 1 saturated heterocycles. The van der Waals surface area contributed by atoms with Crippen molar-refractivity contribution in [1.29, 1.82) is 0 Å². The molecule has 1 aromatic carbocycles. The molecule has 0 N–H and O–H groups in total. The maximum absolute atomic E-state index is 12.7. The van der Waals surface area contributed by atoms with Crippen LogP contribution in [-0.2, 0) is 17.5 Å². The van der Waals surface area contributed by atoms with Gasteiger partial charge in [-0.3, -0.25) is 9.59 Å². The minimum absolute atomic E-state index is 0.0599. The summed E-state index contributed by atoms with van der Waals surface area (Å²) in [6.07, 6.45) is -0.418. The highest BCUT2D eigenvalue weighted by molar-refractivity contribution is 5.94. The summed E-state index contributed by atoms with van der Waals surface area (Å²) in [4.78, 5) is 28.2. The van der Waals surface area contributed by atoms with Crippen LogP contribution < -0.4 is 0 Å². The van der Waals surface area contributed by atoms with Gasteiger partial charge in [0.15, 0.2) is 0 Å². The van der Waals surface area contributed by atoms with E-state index in [1.54, 1.807) is 18.0 Å². The highest BCUT2D eigenvalue weighted by Crippen LogP contribution is 2.29. The number of hydrogen-bond donors (Lipinski definition) is 0. The van der Waals surface area contributed by atoms with Crippen molar-refractivity contribution in [2.45, 2.75) is 25.6 Å². The number of carbonyl (C=O) groups excluding carboxylic acids is 2. The number of furan rings is 1. The Morgan fingerprint density at radius 2 is 1.79 bits per heavy atom. The Hall–Kier alpha value is -2.77. The Morgan fingerprint density at radius 1 is 1.14 bits per heavy atom. The molecule has 0 radical (unpaired) electrons. The van der Waals surface area contributed by atoms with E-state index in [9.17, 15) is 22.8 Å². The molecule has 2 aromatic rings. The summed E-state index contributed by atoms with van der Waals surface area (Å²) in [5, 5.41) is 0. The van der Waals surface area contributed by atoms with Crippen molar-refractivity contribution in [3.63, 3.8) is 0 Å². The Bertz CT molecular complexity index is 808. The first-order valence-electron chi connectivity index (χ1n) is 8.98. The van der Waals surface area contributed by atoms with Gasteiger partial charge in [0.05, 0.1) is 17.4 Å². The van der Waals surface area contributed by atoms with E-state index in [1.165, 1.54) is 29.6 Å². The molecule has 150 valence electrons. The Morgan fingerprint density at radius 3 is 2.32 bits per heavy atom. The van der Waals surface area contributed by atoms with Crippen LogP contribution in [-0.4, -0.2) is 41.8 Å². The average Bonchev–Trinajstić information content (AvgIpc) is 3.21. The second-order valence-corrected chi connectivity index (χ2v) is 6.97. The van der Waals surface area contributed by atoms with Crippen molar-refractivity contribution in [2.24, 2.45) is 5.92 Å². The predicted molar refractivity (Wildman–Crippen MR) is 95.3 cm³/mol. The van der Waals surface area contributed by atoms with E-state index in [0.717, 1.165) is 12.1 Å². The predicted octanol–water partition coefficient (Wildman–Crippen LogP) is 3.81. The van der Waals surface area contributed by atoms with Gasteiger partial charge in [-0.25, -0.2) is 0 Å². The minimum Gasteiger partial charge on any atom is -0.472 e. The first-order chi connectivity index (χ1) is 13.3. The largest absolute Gasteiger partial charge is 0.472 e. The van der Waals surface area contributed by atoms with Gasteiger partial charge in [-0.15, -0.1) is 0 Å². The van der Waals surface area contributed by atoms with Crippen molar-refractivity contribution >= 4 is 11.8 Å². The number of benzene rings is 1. The molecule has 0 atom stereocenters. The minimum atomic E-state index is -4.37. The number of alkyl halides is 3. The number of nitrogens with zero attached hydrogens (tertiary/aromatic N) is 2. The van der Waals surface area contributed by atoms with Crippen LogP contribution in [0.3, 0.4) is 0 Å². The molecule has 2 amide bonds. The van der Waals surface area contributed by atoms with Gasteiger partial charge < -0.3 is 14.2 Å². The van der Waals surface area contributed by atoms with E-state index in [2.05, 4.69) is 0 Å². The number of amides is 2. The fourth-order valence-electron chi connectivity index (χ4n) is 3.36. The fraction of sp³-hybridized carbons (Fsp3) is 0.400. The highest BCUT2D eigenvalue weighted by atomic mass is 19.4. The third-order valence-corrected chi connectivity index (χ3v) is 4.98. The third-order valence-electron chi connectivity index (χ3n) is 4.98. The third kappa shape index (κ3) is 4.55. The maximum atomic E-state index is 12.7. The quantitative estimate of drug-likeness (QED) is 0.793. The number of carbonyl (C=O) groups is 2. The molecule has 1 fully saturated rings. The summed E-state index contributed by atoms with van der Waals surface area (Å²) in [5.41, 5.74) is 0.417. The number of hydrogen-bond acceptors (Lipinski definition) is 3. The lowest BCUT2D eigenvalue weighted by Crippen LogP contribution is -2.43. The highest BCUT2D eigenvalue weighted by Gasteiger charge is 2.31. The van der Waals surface area contributed by atoms with Gasteiger partial charge >= 0.3 is 6.18 Å². The maximum Gasteiger partial charge on any atom is 0.416 e. The van der Waals surface area contributed by atoms with Crippen molar-refractivity contribution in [1.82, 2.24) is 9.80 Å². The van der Waals surface area contributed by atoms with Crippen LogP contribution in [0.1, 0.15) is 34.3 Å². The van der Waals surface area contributed by atoms with E-state index >= 15 is 0 Å². The van der Waals surface area contributed by atoms with Crippen LogP contribution in [0.4, 0.5) is 13.2 Å². The van der Waals surface area contributed by atoms with Crippen LogP contribution in [0.5, 0.6) is 0 Å². The number of likely N-dealkylation sites (tertiary alicyclic amines) is 1. The summed E-state index contributed by atoms with van der Waals surface area (Å²) >= 11 is 0. The summed E-state index contributed by atoms with van der Waals surface area (Å²) < 4.78 is 42.8. The van der Waals surface area contributed by atoms with Gasteiger partial charge in [0, 0.05) is 32.6 Å². The van der Waals surface area contributed by atoms with Gasteiger partial charge in [0.25, 0.3) is 5.91 Å². The zero-order valence-corrected chi connectivity index (χ0v) is 15.4. The molecule has 0 unspecified atom stereocenters. The number of halogens is 3. The molecule has 0 bridgehead atoms. The Balaban J connectivity index is 1.52. The molecule has 8 heteroatoms. The number of rotatable bonds is 4. The molecule has 1 aliphatic heterocycles. The second kappa shape index (κ2) is 8.08. The van der Waals surface area contributed by atoms with E-state index in [4.69, 9.17) is 4.42 Å². The van der Waals surface area contributed by atoms with Crippen molar-refractivity contribution in [3.8, 4) is 0 Å². The van der Waals surface area contributed by atoms with Crippen LogP contribution in [0.15, 0.2) is 47.3 Å². The smallest absolute Gasteiger partial charge is 0.416 e. The van der Waals surface area contributed by atoms with Gasteiger partial charge in [-0.05, 0) is 36.6 Å². The normalized spacial score (nSPS) is 15.5. The lowest BCUT2D eigenvalue weighted by Gasteiger charge is -2.33. The summed E-state index contributed by atoms with van der Waals surface area (Å²) in [6, 6.07) is 6.43. The first-order valence-corrected chi connectivity index (χ1v) is 8.98. The van der Waals surface area contributed by atoms with Gasteiger partial charge in [0.2, 0.25) is 5.91 Å². The van der Waals surface area contributed by atoms with Crippen molar-refractivity contribution < 1.29 is 27.2 Å². The molecule has 0 aliphatic carbocycles. The standard InChI is InChI=1S/C20H21F3N2O3/c1-24(12-14-2-4-17(5-3-14)20(21,22)23)18(26)15-6-9-25(10-7-15)19(27)16-8-11-28-13-16/h2-5,8,11,13,15H,6-7,9-10,12H2,1H3. The van der Waals surface area contributed by atoms with E-state index in [1.807, 2.05) is 0 Å². The topological polar surface area (TPSA) is 53.8 Å². The van der Waals surface area contributed by atoms with Gasteiger partial charge in [-0.2, -0.15) is 13.2 Å². The zero-order valence-electron chi connectivity index (χ0n) is 15.4. The summed E-state index contributed by atoms with van der Waals surface area (Å²) in [5.74, 6) is -0.374. The molecule has 0 spiro atoms. The van der Waals surface area contributed by atoms with Crippen LogP contribution >= 0.6 is 0 Å². The van der Waals surface area contributed by atoms with E-state index < -0.39 is 11.7 Å². The average molecular weight is 394 g/mol. The molecular weight excluding hydrogens is 373 g/mol. The lowest BCUT2D eigenvalue weighted by molar-refractivity contribution is -0.138. The van der Waals surface area contributed by atoms with Crippen molar-refractivity contribution in [3.05, 3.63) is 59.5 Å². The summed E-state index contributed by atoms with van der Waals surface area (Å²) in [6.45, 7) is 1.20. The fourth-order valence-corrected chi connectivity index (χ4v) is 3.36. The van der Waals surface area contributed by atoms with Crippen LogP contribution in [0.25, 0.3) is 0 Å². The molecule has 1 aliphatic rings. The first kappa shape index (κ1) is 20.0. The molecule has 5 nitrogen and oxygen atoms in total.